The van der Waals surface area contributed by atoms with Gasteiger partial charge in [0.2, 0.25) is 0 Å². The van der Waals surface area contributed by atoms with Gasteiger partial charge in [-0.2, -0.15) is 0 Å². The maximum absolute atomic E-state index is 12.8. The number of hydrogen-bond donors (Lipinski definition) is 2. The zero-order valence-corrected chi connectivity index (χ0v) is 22.1. The molecule has 0 aliphatic carbocycles. The van der Waals surface area contributed by atoms with Crippen LogP contribution in [-0.2, 0) is 9.31 Å². The van der Waals surface area contributed by atoms with Crippen LogP contribution in [0.3, 0.4) is 0 Å². The molecule has 3 amide bonds. The van der Waals surface area contributed by atoms with Gasteiger partial charge in [0, 0.05) is 36.1 Å². The maximum Gasteiger partial charge on any atom is 0.494 e. The SMILES string of the molecule is CN(C)C1CCN(C(=O)c2ccc(NC(=O)Nc3ccc(B4OC(C)(C)C(C)(C)O4)cc3)cc2)CC1. The Balaban J connectivity index is 1.28. The molecule has 36 heavy (non-hydrogen) atoms. The molecular formula is C27H37BN4O4. The van der Waals surface area contributed by atoms with Gasteiger partial charge in [-0.15, -0.1) is 0 Å². The second kappa shape index (κ2) is 10.2. The Hall–Kier alpha value is -2.88. The third kappa shape index (κ3) is 5.74. The van der Waals surface area contributed by atoms with Crippen molar-refractivity contribution in [1.29, 1.82) is 0 Å². The van der Waals surface area contributed by atoms with Crippen molar-refractivity contribution in [1.82, 2.24) is 9.80 Å². The minimum absolute atomic E-state index is 0.0327. The molecule has 2 fully saturated rings. The monoisotopic (exact) mass is 492 g/mol. The lowest BCUT2D eigenvalue weighted by molar-refractivity contribution is 0.00578. The Morgan fingerprint density at radius 1 is 0.861 bits per heavy atom. The lowest BCUT2D eigenvalue weighted by atomic mass is 9.79. The number of amides is 3. The highest BCUT2D eigenvalue weighted by molar-refractivity contribution is 6.62. The van der Waals surface area contributed by atoms with Crippen LogP contribution in [0, 0.1) is 0 Å². The summed E-state index contributed by atoms with van der Waals surface area (Å²) in [5, 5.41) is 5.65. The number of carbonyl (C=O) groups excluding carboxylic acids is 2. The van der Waals surface area contributed by atoms with E-state index in [-0.39, 0.29) is 11.9 Å². The van der Waals surface area contributed by atoms with Crippen molar-refractivity contribution in [2.75, 3.05) is 37.8 Å². The van der Waals surface area contributed by atoms with E-state index in [1.165, 1.54) is 0 Å². The minimum atomic E-state index is -0.446. The van der Waals surface area contributed by atoms with Crippen molar-refractivity contribution in [2.24, 2.45) is 0 Å². The molecular weight excluding hydrogens is 455 g/mol. The van der Waals surface area contributed by atoms with Gasteiger partial charge in [0.05, 0.1) is 11.2 Å². The summed E-state index contributed by atoms with van der Waals surface area (Å²) < 4.78 is 12.2. The number of benzene rings is 2. The third-order valence-electron chi connectivity index (χ3n) is 7.57. The third-order valence-corrected chi connectivity index (χ3v) is 7.57. The van der Waals surface area contributed by atoms with Crippen LogP contribution < -0.4 is 16.1 Å². The van der Waals surface area contributed by atoms with Gasteiger partial charge < -0.3 is 29.7 Å². The van der Waals surface area contributed by atoms with Crippen molar-refractivity contribution in [2.45, 2.75) is 57.8 Å². The zero-order valence-electron chi connectivity index (χ0n) is 22.1. The van der Waals surface area contributed by atoms with Gasteiger partial charge in [-0.05, 0) is 96.5 Å². The molecule has 8 nitrogen and oxygen atoms in total. The van der Waals surface area contributed by atoms with Crippen LogP contribution in [0.15, 0.2) is 48.5 Å². The average molecular weight is 492 g/mol. The van der Waals surface area contributed by atoms with Crippen LogP contribution in [0.4, 0.5) is 16.2 Å². The Bertz CT molecular complexity index is 1060. The molecule has 2 saturated heterocycles. The summed E-state index contributed by atoms with van der Waals surface area (Å²) in [7, 11) is 3.72. The first-order valence-corrected chi connectivity index (χ1v) is 12.5. The molecule has 2 aromatic carbocycles. The highest BCUT2D eigenvalue weighted by Crippen LogP contribution is 2.36. The summed E-state index contributed by atoms with van der Waals surface area (Å²) in [5.41, 5.74) is 1.98. The molecule has 0 aromatic heterocycles. The largest absolute Gasteiger partial charge is 0.494 e. The van der Waals surface area contributed by atoms with Crippen LogP contribution in [0.1, 0.15) is 50.9 Å². The summed E-state index contributed by atoms with van der Waals surface area (Å²) in [5.74, 6) is 0.0327. The summed E-state index contributed by atoms with van der Waals surface area (Å²) in [6.07, 6.45) is 1.96. The number of piperidine rings is 1. The van der Waals surface area contributed by atoms with E-state index in [1.54, 1.807) is 24.3 Å². The van der Waals surface area contributed by atoms with E-state index in [2.05, 4.69) is 29.6 Å². The molecule has 9 heteroatoms. The van der Waals surface area contributed by atoms with Gasteiger partial charge in [0.25, 0.3) is 5.91 Å². The van der Waals surface area contributed by atoms with Crippen molar-refractivity contribution < 1.29 is 18.9 Å². The maximum atomic E-state index is 12.8. The molecule has 2 heterocycles. The topological polar surface area (TPSA) is 83.1 Å². The number of likely N-dealkylation sites (tertiary alicyclic amines) is 1. The van der Waals surface area contributed by atoms with Crippen molar-refractivity contribution >= 4 is 35.9 Å². The van der Waals surface area contributed by atoms with Crippen LogP contribution in [0.2, 0.25) is 0 Å². The first-order valence-electron chi connectivity index (χ1n) is 12.5. The molecule has 0 saturated carbocycles. The van der Waals surface area contributed by atoms with E-state index >= 15 is 0 Å². The molecule has 192 valence electrons. The van der Waals surface area contributed by atoms with Gasteiger partial charge in [0.1, 0.15) is 0 Å². The molecule has 0 bridgehead atoms. The average Bonchev–Trinajstić information content (AvgIpc) is 3.06. The molecule has 0 unspecified atom stereocenters. The van der Waals surface area contributed by atoms with Crippen molar-refractivity contribution in [3.63, 3.8) is 0 Å². The van der Waals surface area contributed by atoms with E-state index in [0.717, 1.165) is 31.4 Å². The number of rotatable bonds is 5. The normalized spacial score (nSPS) is 19.4. The van der Waals surface area contributed by atoms with Crippen molar-refractivity contribution in [3.8, 4) is 0 Å². The zero-order chi connectivity index (χ0) is 26.1. The first kappa shape index (κ1) is 26.2. The van der Waals surface area contributed by atoms with E-state index in [4.69, 9.17) is 9.31 Å². The fraction of sp³-hybridized carbons (Fsp3) is 0.481. The van der Waals surface area contributed by atoms with E-state index in [9.17, 15) is 9.59 Å². The number of nitrogens with zero attached hydrogens (tertiary/aromatic N) is 2. The number of nitrogens with one attached hydrogen (secondary N) is 2. The van der Waals surface area contributed by atoms with Crippen LogP contribution >= 0.6 is 0 Å². The fourth-order valence-corrected chi connectivity index (χ4v) is 4.46. The Labute approximate surface area is 214 Å². The predicted molar refractivity (Wildman–Crippen MR) is 144 cm³/mol. The minimum Gasteiger partial charge on any atom is -0.399 e. The molecule has 2 aliphatic heterocycles. The molecule has 2 aromatic rings. The highest BCUT2D eigenvalue weighted by Gasteiger charge is 2.51. The Kier molecular flexibility index (Phi) is 7.45. The highest BCUT2D eigenvalue weighted by atomic mass is 16.7. The summed E-state index contributed by atoms with van der Waals surface area (Å²) >= 11 is 0. The van der Waals surface area contributed by atoms with Crippen LogP contribution in [-0.4, -0.2) is 73.3 Å². The smallest absolute Gasteiger partial charge is 0.399 e. The van der Waals surface area contributed by atoms with Crippen molar-refractivity contribution in [3.05, 3.63) is 54.1 Å². The fourth-order valence-electron chi connectivity index (χ4n) is 4.46. The Morgan fingerprint density at radius 2 is 1.33 bits per heavy atom. The van der Waals surface area contributed by atoms with Crippen LogP contribution in [0.25, 0.3) is 0 Å². The second-order valence-electron chi connectivity index (χ2n) is 10.9. The van der Waals surface area contributed by atoms with E-state index < -0.39 is 18.3 Å². The number of carbonyl (C=O) groups is 2. The molecule has 4 rings (SSSR count). The molecule has 0 radical (unpaired) electrons. The lowest BCUT2D eigenvalue weighted by Crippen LogP contribution is -2.44. The standard InChI is InChI=1S/C27H37BN4O4/c1-26(2)27(3,4)36-28(35-26)20-9-13-22(14-10-20)30-25(34)29-21-11-7-19(8-12-21)24(33)32-17-15-23(16-18-32)31(5)6/h7-14,23H,15-18H2,1-6H3,(H2,29,30,34). The molecule has 0 atom stereocenters. The van der Waals surface area contributed by atoms with Gasteiger partial charge in [-0.25, -0.2) is 4.79 Å². The lowest BCUT2D eigenvalue weighted by Gasteiger charge is -2.35. The predicted octanol–water partition coefficient (Wildman–Crippen LogP) is 3.80. The molecule has 2 N–H and O–H groups in total. The van der Waals surface area contributed by atoms with Gasteiger partial charge in [0.15, 0.2) is 0 Å². The summed E-state index contributed by atoms with van der Waals surface area (Å²) in [6, 6.07) is 14.6. The number of hydrogen-bond acceptors (Lipinski definition) is 5. The second-order valence-corrected chi connectivity index (χ2v) is 10.9. The van der Waals surface area contributed by atoms with E-state index in [0.29, 0.717) is 23.0 Å². The molecule has 0 spiro atoms. The summed E-state index contributed by atoms with van der Waals surface area (Å²) in [4.78, 5) is 29.5. The first-order chi connectivity index (χ1) is 16.9. The van der Waals surface area contributed by atoms with Gasteiger partial charge >= 0.3 is 13.1 Å². The number of urea groups is 1. The Morgan fingerprint density at radius 3 is 1.81 bits per heavy atom. The van der Waals surface area contributed by atoms with E-state index in [1.807, 2.05) is 56.9 Å². The molecule has 2 aliphatic rings. The number of anilines is 2. The quantitative estimate of drug-likeness (QED) is 0.621. The summed E-state index contributed by atoms with van der Waals surface area (Å²) in [6.45, 7) is 9.59. The van der Waals surface area contributed by atoms with Crippen LogP contribution in [0.5, 0.6) is 0 Å². The van der Waals surface area contributed by atoms with Gasteiger partial charge in [-0.3, -0.25) is 4.79 Å². The van der Waals surface area contributed by atoms with Gasteiger partial charge in [-0.1, -0.05) is 12.1 Å².